The van der Waals surface area contributed by atoms with Gasteiger partial charge in [-0.1, -0.05) is 0 Å². The van der Waals surface area contributed by atoms with Crippen molar-refractivity contribution in [2.75, 3.05) is 13.2 Å². The highest BCUT2D eigenvalue weighted by atomic mass is 16.6. The Kier molecular flexibility index (Phi) is 1.83. The van der Waals surface area contributed by atoms with E-state index in [0.29, 0.717) is 6.61 Å². The molecule has 0 spiro atoms. The van der Waals surface area contributed by atoms with E-state index in [0.717, 1.165) is 6.61 Å². The summed E-state index contributed by atoms with van der Waals surface area (Å²) in [6, 6.07) is 0. The van der Waals surface area contributed by atoms with Gasteiger partial charge in [0.1, 0.15) is 6.10 Å². The van der Waals surface area contributed by atoms with E-state index in [1.54, 1.807) is 6.92 Å². The molecule has 1 saturated heterocycles. The van der Waals surface area contributed by atoms with Gasteiger partial charge >= 0.3 is 0 Å². The summed E-state index contributed by atoms with van der Waals surface area (Å²) >= 11 is 0. The predicted molar refractivity (Wildman–Crippen MR) is 27.4 cm³/mol. The molecule has 3 nitrogen and oxygen atoms in total. The van der Waals surface area contributed by atoms with Crippen molar-refractivity contribution >= 4 is 0 Å². The second-order valence-corrected chi connectivity index (χ2v) is 1.89. The summed E-state index contributed by atoms with van der Waals surface area (Å²) in [5.74, 6) is 0. The largest absolute Gasteiger partial charge is 0.371 e. The lowest BCUT2D eigenvalue weighted by Gasteiger charge is -2.01. The number of epoxide rings is 1. The number of rotatable bonds is 3. The highest BCUT2D eigenvalue weighted by Crippen LogP contribution is 2.08. The van der Waals surface area contributed by atoms with Crippen LogP contribution in [0.4, 0.5) is 0 Å². The predicted octanol–water partition coefficient (Wildman–Crippen LogP) is -0.260. The van der Waals surface area contributed by atoms with Crippen molar-refractivity contribution in [3.8, 4) is 0 Å². The third-order valence-electron chi connectivity index (χ3n) is 0.926. The molecule has 2 atom stereocenters. The van der Waals surface area contributed by atoms with Crippen LogP contribution in [0.3, 0.4) is 0 Å². The average Bonchev–Trinajstić information content (AvgIpc) is 2.41. The van der Waals surface area contributed by atoms with Gasteiger partial charge in [0.25, 0.3) is 0 Å². The Labute approximate surface area is 48.2 Å². The molecule has 48 valence electrons. The highest BCUT2D eigenvalue weighted by molar-refractivity contribution is 4.66. The fourth-order valence-electron chi connectivity index (χ4n) is 0.411. The molecule has 2 unspecified atom stereocenters. The van der Waals surface area contributed by atoms with E-state index < -0.39 is 6.29 Å². The van der Waals surface area contributed by atoms with Crippen LogP contribution in [0, 0.1) is 0 Å². The zero-order valence-electron chi connectivity index (χ0n) is 4.83. The fraction of sp³-hybridized carbons (Fsp3) is 1.00. The second kappa shape index (κ2) is 2.44. The number of aliphatic hydroxyl groups excluding tert-OH is 1. The van der Waals surface area contributed by atoms with E-state index in [-0.39, 0.29) is 6.10 Å². The zero-order chi connectivity index (χ0) is 5.98. The molecule has 1 fully saturated rings. The Hall–Kier alpha value is -0.120. The number of aliphatic hydroxyl groups is 1. The van der Waals surface area contributed by atoms with Gasteiger partial charge in [0.15, 0.2) is 6.29 Å². The van der Waals surface area contributed by atoms with Gasteiger partial charge in [-0.3, -0.25) is 0 Å². The van der Waals surface area contributed by atoms with Crippen LogP contribution in [0.25, 0.3) is 0 Å². The first-order valence-corrected chi connectivity index (χ1v) is 2.70. The van der Waals surface area contributed by atoms with E-state index in [1.165, 1.54) is 0 Å². The van der Waals surface area contributed by atoms with Crippen LogP contribution in [0.15, 0.2) is 0 Å². The maximum absolute atomic E-state index is 8.55. The SMILES string of the molecule is CC(O)OCC1CO1. The maximum atomic E-state index is 8.55. The lowest BCUT2D eigenvalue weighted by atomic mass is 10.5. The summed E-state index contributed by atoms with van der Waals surface area (Å²) in [7, 11) is 0. The van der Waals surface area contributed by atoms with Gasteiger partial charge < -0.3 is 14.6 Å². The summed E-state index contributed by atoms with van der Waals surface area (Å²) in [5.41, 5.74) is 0. The minimum atomic E-state index is -0.654. The van der Waals surface area contributed by atoms with Crippen molar-refractivity contribution in [3.63, 3.8) is 0 Å². The molecule has 1 aliphatic heterocycles. The highest BCUT2D eigenvalue weighted by Gasteiger charge is 2.22. The monoisotopic (exact) mass is 118 g/mol. The fourth-order valence-corrected chi connectivity index (χ4v) is 0.411. The normalized spacial score (nSPS) is 30.0. The van der Waals surface area contributed by atoms with E-state index in [9.17, 15) is 0 Å². The van der Waals surface area contributed by atoms with Crippen molar-refractivity contribution in [1.82, 2.24) is 0 Å². The number of hydrogen-bond donors (Lipinski definition) is 1. The van der Waals surface area contributed by atoms with Crippen LogP contribution in [0.5, 0.6) is 0 Å². The summed E-state index contributed by atoms with van der Waals surface area (Å²) < 4.78 is 9.62. The molecule has 0 amide bonds. The molecule has 0 aromatic carbocycles. The molecule has 1 aliphatic rings. The van der Waals surface area contributed by atoms with E-state index >= 15 is 0 Å². The summed E-state index contributed by atoms with van der Waals surface area (Å²) in [6.45, 7) is 2.90. The van der Waals surface area contributed by atoms with Gasteiger partial charge in [-0.25, -0.2) is 0 Å². The van der Waals surface area contributed by atoms with Crippen molar-refractivity contribution < 1.29 is 14.6 Å². The van der Waals surface area contributed by atoms with Crippen molar-refractivity contribution in [1.29, 1.82) is 0 Å². The van der Waals surface area contributed by atoms with Crippen molar-refractivity contribution in [2.45, 2.75) is 19.3 Å². The summed E-state index contributed by atoms with van der Waals surface area (Å²) in [6.07, 6.45) is -0.399. The molecule has 0 bridgehead atoms. The Morgan fingerprint density at radius 3 is 3.00 bits per heavy atom. The molecular weight excluding hydrogens is 108 g/mol. The van der Waals surface area contributed by atoms with E-state index in [2.05, 4.69) is 0 Å². The second-order valence-electron chi connectivity index (χ2n) is 1.89. The van der Waals surface area contributed by atoms with Crippen molar-refractivity contribution in [3.05, 3.63) is 0 Å². The molecule has 3 heteroatoms. The first kappa shape index (κ1) is 6.01. The van der Waals surface area contributed by atoms with E-state index in [4.69, 9.17) is 14.6 Å². The lowest BCUT2D eigenvalue weighted by molar-refractivity contribution is -0.0888. The van der Waals surface area contributed by atoms with E-state index in [1.807, 2.05) is 0 Å². The zero-order valence-corrected chi connectivity index (χ0v) is 4.83. The third-order valence-corrected chi connectivity index (χ3v) is 0.926. The van der Waals surface area contributed by atoms with Crippen LogP contribution in [-0.2, 0) is 9.47 Å². The number of hydrogen-bond acceptors (Lipinski definition) is 3. The molecule has 0 aromatic heterocycles. The van der Waals surface area contributed by atoms with Crippen LogP contribution < -0.4 is 0 Å². The smallest absolute Gasteiger partial charge is 0.151 e. The standard InChI is InChI=1S/C5H10O3/c1-4(6)7-2-5-3-8-5/h4-6H,2-3H2,1H3. The molecule has 0 radical (unpaired) electrons. The third kappa shape index (κ3) is 2.26. The number of ether oxygens (including phenoxy) is 2. The van der Waals surface area contributed by atoms with Gasteiger partial charge in [0, 0.05) is 0 Å². The maximum Gasteiger partial charge on any atom is 0.151 e. The summed E-state index contributed by atoms with van der Waals surface area (Å²) in [4.78, 5) is 0. The van der Waals surface area contributed by atoms with Gasteiger partial charge in [-0.2, -0.15) is 0 Å². The Morgan fingerprint density at radius 1 is 2.00 bits per heavy atom. The first-order chi connectivity index (χ1) is 3.79. The molecule has 0 saturated carbocycles. The minimum absolute atomic E-state index is 0.254. The van der Waals surface area contributed by atoms with Gasteiger partial charge in [0.2, 0.25) is 0 Å². The van der Waals surface area contributed by atoms with Crippen LogP contribution in [-0.4, -0.2) is 30.7 Å². The summed E-state index contributed by atoms with van der Waals surface area (Å²) in [5, 5.41) is 8.55. The van der Waals surface area contributed by atoms with Gasteiger partial charge in [0.05, 0.1) is 13.2 Å². The van der Waals surface area contributed by atoms with Crippen molar-refractivity contribution in [2.24, 2.45) is 0 Å². The minimum Gasteiger partial charge on any atom is -0.371 e. The van der Waals surface area contributed by atoms with Crippen LogP contribution in [0.2, 0.25) is 0 Å². The quantitative estimate of drug-likeness (QED) is 0.410. The Morgan fingerprint density at radius 2 is 2.62 bits per heavy atom. The molecule has 0 aliphatic carbocycles. The Bertz CT molecular complexity index is 66.1. The molecular formula is C5H10O3. The molecule has 1 N–H and O–H groups in total. The van der Waals surface area contributed by atoms with Crippen LogP contribution in [0.1, 0.15) is 6.92 Å². The Balaban J connectivity index is 1.87. The van der Waals surface area contributed by atoms with Crippen LogP contribution >= 0.6 is 0 Å². The lowest BCUT2D eigenvalue weighted by Crippen LogP contribution is -2.10. The van der Waals surface area contributed by atoms with Gasteiger partial charge in [-0.15, -0.1) is 0 Å². The van der Waals surface area contributed by atoms with Gasteiger partial charge in [-0.05, 0) is 6.92 Å². The molecule has 0 aromatic rings. The molecule has 1 heterocycles. The molecule has 8 heavy (non-hydrogen) atoms. The first-order valence-electron chi connectivity index (χ1n) is 2.70. The topological polar surface area (TPSA) is 42.0 Å². The average molecular weight is 118 g/mol. The molecule has 1 rings (SSSR count).